The van der Waals surface area contributed by atoms with Crippen LogP contribution in [0.3, 0.4) is 0 Å². The molecule has 0 fully saturated rings. The molecule has 0 atom stereocenters. The van der Waals surface area contributed by atoms with Crippen molar-refractivity contribution in [1.29, 1.82) is 0 Å². The number of carboxylic acid groups (broad SMARTS) is 1. The Labute approximate surface area is 122 Å². The molecule has 9 nitrogen and oxygen atoms in total. The van der Waals surface area contributed by atoms with E-state index in [9.17, 15) is 24.3 Å². The minimum atomic E-state index is -1.00. The molecule has 0 aliphatic rings. The summed E-state index contributed by atoms with van der Waals surface area (Å²) in [6, 6.07) is 5.76. The summed E-state index contributed by atoms with van der Waals surface area (Å²) in [4.78, 5) is 49.3. The molecule has 4 N–H and O–H groups in total. The summed E-state index contributed by atoms with van der Waals surface area (Å²) in [6.45, 7) is 0. The number of amides is 1. The summed E-state index contributed by atoms with van der Waals surface area (Å²) >= 11 is 0. The van der Waals surface area contributed by atoms with Gasteiger partial charge in [-0.1, -0.05) is 12.1 Å². The number of nitrogens with zero attached hydrogens (tertiary/aromatic N) is 1. The van der Waals surface area contributed by atoms with Crippen LogP contribution in [-0.2, 0) is 16.0 Å². The predicted octanol–water partition coefficient (Wildman–Crippen LogP) is -0.310. The van der Waals surface area contributed by atoms with E-state index < -0.39 is 28.8 Å². The van der Waals surface area contributed by atoms with Crippen LogP contribution in [0.2, 0.25) is 0 Å². The number of hydrogen-bond donors (Lipinski definition) is 4. The second-order valence-corrected chi connectivity index (χ2v) is 4.32. The first-order chi connectivity index (χ1) is 10.4. The number of carbonyl (C=O) groups excluding carboxylic acids is 1. The van der Waals surface area contributed by atoms with Crippen LogP contribution >= 0.6 is 0 Å². The number of aromatic hydroxyl groups is 1. The molecule has 1 aromatic heterocycles. The van der Waals surface area contributed by atoms with Gasteiger partial charge in [-0.2, -0.15) is 0 Å². The highest BCUT2D eigenvalue weighted by atomic mass is 16.4. The number of aliphatic carboxylic acids is 1. The molecule has 0 saturated heterocycles. The summed E-state index contributed by atoms with van der Waals surface area (Å²) in [6.07, 6.45) is 0.0979. The number of carbonyl (C=O) groups is 2. The maximum Gasteiger partial charge on any atom is 0.328 e. The average Bonchev–Trinajstić information content (AvgIpc) is 2.43. The zero-order valence-electron chi connectivity index (χ0n) is 11.1. The number of benzene rings is 1. The van der Waals surface area contributed by atoms with Crippen molar-refractivity contribution in [2.45, 2.75) is 6.42 Å². The Kier molecular flexibility index (Phi) is 4.07. The van der Waals surface area contributed by atoms with E-state index in [2.05, 4.69) is 0 Å². The van der Waals surface area contributed by atoms with Crippen molar-refractivity contribution in [1.82, 2.24) is 9.97 Å². The second-order valence-electron chi connectivity index (χ2n) is 4.32. The van der Waals surface area contributed by atoms with Gasteiger partial charge in [0.15, 0.2) is 5.69 Å². The summed E-state index contributed by atoms with van der Waals surface area (Å²) in [5.41, 5.74) is -1.57. The Bertz CT molecular complexity index is 821. The lowest BCUT2D eigenvalue weighted by molar-refractivity contribution is -0.136. The molecule has 9 heteroatoms. The highest BCUT2D eigenvalue weighted by Gasteiger charge is 2.18. The van der Waals surface area contributed by atoms with Gasteiger partial charge in [0.1, 0.15) is 0 Å². The van der Waals surface area contributed by atoms with Crippen LogP contribution in [0.1, 0.15) is 5.56 Å². The van der Waals surface area contributed by atoms with Crippen molar-refractivity contribution in [2.24, 2.45) is 0 Å². The molecule has 114 valence electrons. The average molecular weight is 305 g/mol. The molecule has 2 rings (SSSR count). The van der Waals surface area contributed by atoms with Gasteiger partial charge in [-0.15, -0.1) is 0 Å². The molecule has 22 heavy (non-hydrogen) atoms. The van der Waals surface area contributed by atoms with Crippen LogP contribution in [0.5, 0.6) is 5.88 Å². The maximum absolute atomic E-state index is 11.7. The number of hydrogen-bond acceptors (Lipinski definition) is 5. The van der Waals surface area contributed by atoms with Gasteiger partial charge in [0.2, 0.25) is 12.3 Å². The SMILES string of the molecule is O=CN(c1ccc(CC(=O)O)cc1)c1c(O)[nH]c(=O)[nH]c1=O. The van der Waals surface area contributed by atoms with Gasteiger partial charge in [0, 0.05) is 5.69 Å². The first-order valence-corrected chi connectivity index (χ1v) is 6.03. The number of aromatic nitrogens is 2. The number of carboxylic acids is 1. The van der Waals surface area contributed by atoms with E-state index in [0.717, 1.165) is 4.90 Å². The van der Waals surface area contributed by atoms with Crippen LogP contribution in [0.25, 0.3) is 0 Å². The zero-order valence-corrected chi connectivity index (χ0v) is 11.1. The molecule has 0 spiro atoms. The molecule has 0 aliphatic heterocycles. The smallest absolute Gasteiger partial charge is 0.328 e. The summed E-state index contributed by atoms with van der Waals surface area (Å²) in [7, 11) is 0. The fourth-order valence-corrected chi connectivity index (χ4v) is 1.88. The van der Waals surface area contributed by atoms with E-state index in [1.165, 1.54) is 24.3 Å². The monoisotopic (exact) mass is 305 g/mol. The molecule has 0 radical (unpaired) electrons. The van der Waals surface area contributed by atoms with Gasteiger partial charge in [0.25, 0.3) is 5.56 Å². The molecule has 2 aromatic rings. The van der Waals surface area contributed by atoms with E-state index in [-0.39, 0.29) is 18.5 Å². The van der Waals surface area contributed by atoms with Crippen molar-refractivity contribution in [3.05, 3.63) is 50.7 Å². The third kappa shape index (κ3) is 3.03. The first-order valence-electron chi connectivity index (χ1n) is 6.03. The van der Waals surface area contributed by atoms with Crippen LogP contribution in [0.15, 0.2) is 33.9 Å². The molecular weight excluding hydrogens is 294 g/mol. The largest absolute Gasteiger partial charge is 0.493 e. The topological polar surface area (TPSA) is 144 Å². The fourth-order valence-electron chi connectivity index (χ4n) is 1.88. The Hall–Kier alpha value is -3.36. The van der Waals surface area contributed by atoms with E-state index in [4.69, 9.17) is 5.11 Å². The van der Waals surface area contributed by atoms with Crippen LogP contribution in [-0.4, -0.2) is 32.6 Å². The molecule has 0 saturated carbocycles. The Morgan fingerprint density at radius 1 is 1.18 bits per heavy atom. The lowest BCUT2D eigenvalue weighted by Crippen LogP contribution is -2.29. The predicted molar refractivity (Wildman–Crippen MR) is 75.3 cm³/mol. The fraction of sp³-hybridized carbons (Fsp3) is 0.0769. The van der Waals surface area contributed by atoms with Crippen molar-refractivity contribution >= 4 is 23.8 Å². The third-order valence-corrected chi connectivity index (χ3v) is 2.81. The molecule has 0 bridgehead atoms. The van der Waals surface area contributed by atoms with Gasteiger partial charge in [-0.3, -0.25) is 29.3 Å². The second kappa shape index (κ2) is 5.95. The summed E-state index contributed by atoms with van der Waals surface area (Å²) in [5.74, 6) is -1.76. The minimum Gasteiger partial charge on any atom is -0.493 e. The van der Waals surface area contributed by atoms with Crippen molar-refractivity contribution in [3.63, 3.8) is 0 Å². The van der Waals surface area contributed by atoms with E-state index in [1.54, 1.807) is 0 Å². The van der Waals surface area contributed by atoms with Crippen molar-refractivity contribution < 1.29 is 19.8 Å². The minimum absolute atomic E-state index is 0.189. The number of anilines is 2. The lowest BCUT2D eigenvalue weighted by atomic mass is 10.1. The Morgan fingerprint density at radius 3 is 2.32 bits per heavy atom. The molecular formula is C13H11N3O6. The molecule has 1 amide bonds. The first kappa shape index (κ1) is 15.0. The van der Waals surface area contributed by atoms with Crippen LogP contribution < -0.4 is 16.1 Å². The van der Waals surface area contributed by atoms with E-state index in [1.807, 2.05) is 9.97 Å². The number of aromatic amines is 2. The van der Waals surface area contributed by atoms with Gasteiger partial charge in [0.05, 0.1) is 6.42 Å². The van der Waals surface area contributed by atoms with Gasteiger partial charge < -0.3 is 10.2 Å². The normalized spacial score (nSPS) is 10.2. The Balaban J connectivity index is 2.45. The summed E-state index contributed by atoms with van der Waals surface area (Å²) in [5, 5.41) is 18.3. The quantitative estimate of drug-likeness (QED) is 0.558. The van der Waals surface area contributed by atoms with Crippen molar-refractivity contribution in [3.8, 4) is 5.88 Å². The molecule has 1 aromatic carbocycles. The third-order valence-electron chi connectivity index (χ3n) is 2.81. The lowest BCUT2D eigenvalue weighted by Gasteiger charge is -2.17. The van der Waals surface area contributed by atoms with Crippen molar-refractivity contribution in [2.75, 3.05) is 4.90 Å². The van der Waals surface area contributed by atoms with Gasteiger partial charge >= 0.3 is 11.7 Å². The van der Waals surface area contributed by atoms with E-state index >= 15 is 0 Å². The number of H-pyrrole nitrogens is 2. The standard InChI is InChI=1S/C13H11N3O6/c17-6-16(10-11(20)14-13(22)15-12(10)21)8-3-1-7(2-4-8)5-9(18)19/h1-4,6H,5H2,(H,18,19)(H3,14,15,20,21,22). The highest BCUT2D eigenvalue weighted by Crippen LogP contribution is 2.26. The van der Waals surface area contributed by atoms with E-state index in [0.29, 0.717) is 5.56 Å². The van der Waals surface area contributed by atoms with Gasteiger partial charge in [-0.05, 0) is 17.7 Å². The number of nitrogens with one attached hydrogen (secondary N) is 2. The molecule has 0 unspecified atom stereocenters. The van der Waals surface area contributed by atoms with Crippen LogP contribution in [0.4, 0.5) is 11.4 Å². The molecule has 1 heterocycles. The molecule has 0 aliphatic carbocycles. The maximum atomic E-state index is 11.7. The summed E-state index contributed by atoms with van der Waals surface area (Å²) < 4.78 is 0. The Morgan fingerprint density at radius 2 is 1.82 bits per heavy atom. The van der Waals surface area contributed by atoms with Gasteiger partial charge in [-0.25, -0.2) is 4.79 Å². The zero-order chi connectivity index (χ0) is 16.3. The number of rotatable bonds is 5. The van der Waals surface area contributed by atoms with Crippen LogP contribution in [0, 0.1) is 0 Å². The highest BCUT2D eigenvalue weighted by molar-refractivity contribution is 5.87.